The van der Waals surface area contributed by atoms with Crippen molar-refractivity contribution in [2.75, 3.05) is 25.5 Å². The highest BCUT2D eigenvalue weighted by Crippen LogP contribution is 2.27. The standard InChI is InChI=1S/C17H22N2.ClH/c1-18-14-13-17(15-9-5-3-6-10-15)19(2)16-11-7-4-8-12-16;/h3-12,17-18H,13-14H2,1-2H3;1H. The summed E-state index contributed by atoms with van der Waals surface area (Å²) >= 11 is 0. The summed E-state index contributed by atoms with van der Waals surface area (Å²) < 4.78 is 0. The number of rotatable bonds is 6. The van der Waals surface area contributed by atoms with Crippen molar-refractivity contribution in [2.24, 2.45) is 0 Å². The van der Waals surface area contributed by atoms with Gasteiger partial charge in [-0.2, -0.15) is 0 Å². The van der Waals surface area contributed by atoms with Gasteiger partial charge < -0.3 is 10.2 Å². The summed E-state index contributed by atoms with van der Waals surface area (Å²) in [5, 5.41) is 3.25. The van der Waals surface area contributed by atoms with Gasteiger partial charge in [0.25, 0.3) is 0 Å². The Hall–Kier alpha value is -1.51. The normalized spacial score (nSPS) is 11.5. The number of nitrogens with zero attached hydrogens (tertiary/aromatic N) is 1. The van der Waals surface area contributed by atoms with Gasteiger partial charge in [-0.25, -0.2) is 0 Å². The van der Waals surface area contributed by atoms with E-state index in [1.54, 1.807) is 0 Å². The monoisotopic (exact) mass is 290 g/mol. The summed E-state index contributed by atoms with van der Waals surface area (Å²) in [6.07, 6.45) is 1.09. The molecule has 108 valence electrons. The van der Waals surface area contributed by atoms with Crippen LogP contribution in [0.5, 0.6) is 0 Å². The number of halogens is 1. The maximum absolute atomic E-state index is 3.25. The minimum absolute atomic E-state index is 0. The lowest BCUT2D eigenvalue weighted by molar-refractivity contribution is 0.586. The van der Waals surface area contributed by atoms with E-state index in [4.69, 9.17) is 0 Å². The van der Waals surface area contributed by atoms with Gasteiger partial charge in [0, 0.05) is 12.7 Å². The lowest BCUT2D eigenvalue weighted by Crippen LogP contribution is -2.27. The van der Waals surface area contributed by atoms with E-state index >= 15 is 0 Å². The summed E-state index contributed by atoms with van der Waals surface area (Å²) in [5.41, 5.74) is 2.62. The van der Waals surface area contributed by atoms with Crippen molar-refractivity contribution in [1.29, 1.82) is 0 Å². The predicted molar refractivity (Wildman–Crippen MR) is 89.8 cm³/mol. The zero-order valence-corrected chi connectivity index (χ0v) is 12.9. The first kappa shape index (κ1) is 16.5. The molecule has 2 aromatic carbocycles. The van der Waals surface area contributed by atoms with E-state index in [2.05, 4.69) is 77.9 Å². The van der Waals surface area contributed by atoms with E-state index in [0.29, 0.717) is 6.04 Å². The Balaban J connectivity index is 0.00000200. The van der Waals surface area contributed by atoms with Crippen LogP contribution >= 0.6 is 12.4 Å². The maximum Gasteiger partial charge on any atom is 0.0551 e. The molecule has 2 nitrogen and oxygen atoms in total. The summed E-state index contributed by atoms with van der Waals surface area (Å²) in [6, 6.07) is 21.7. The van der Waals surface area contributed by atoms with Crippen molar-refractivity contribution < 1.29 is 0 Å². The van der Waals surface area contributed by atoms with Crippen LogP contribution in [0, 0.1) is 0 Å². The third-order valence-corrected chi connectivity index (χ3v) is 3.48. The van der Waals surface area contributed by atoms with E-state index in [1.165, 1.54) is 11.3 Å². The molecule has 0 heterocycles. The highest BCUT2D eigenvalue weighted by molar-refractivity contribution is 5.85. The second kappa shape index (κ2) is 8.62. The molecule has 0 aliphatic heterocycles. The second-order valence-electron chi connectivity index (χ2n) is 4.77. The summed E-state index contributed by atoms with van der Waals surface area (Å²) in [7, 11) is 4.17. The Labute approximate surface area is 128 Å². The summed E-state index contributed by atoms with van der Waals surface area (Å²) in [6.45, 7) is 1.01. The average Bonchev–Trinajstić information content (AvgIpc) is 2.49. The molecule has 0 bridgehead atoms. The Bertz CT molecular complexity index is 473. The fourth-order valence-corrected chi connectivity index (χ4v) is 2.38. The number of anilines is 1. The summed E-state index contributed by atoms with van der Waals surface area (Å²) in [4.78, 5) is 2.35. The van der Waals surface area contributed by atoms with Gasteiger partial charge in [-0.1, -0.05) is 48.5 Å². The van der Waals surface area contributed by atoms with E-state index < -0.39 is 0 Å². The Kier molecular flexibility index (Phi) is 7.13. The molecule has 0 aromatic heterocycles. The second-order valence-corrected chi connectivity index (χ2v) is 4.77. The fourth-order valence-electron chi connectivity index (χ4n) is 2.38. The lowest BCUT2D eigenvalue weighted by atomic mass is 10.0. The molecule has 0 radical (unpaired) electrons. The average molecular weight is 291 g/mol. The van der Waals surface area contributed by atoms with Crippen LogP contribution in [0.4, 0.5) is 5.69 Å². The molecule has 0 saturated carbocycles. The zero-order chi connectivity index (χ0) is 13.5. The van der Waals surface area contributed by atoms with Crippen LogP contribution < -0.4 is 10.2 Å². The third kappa shape index (κ3) is 4.26. The Morgan fingerprint density at radius 3 is 2.05 bits per heavy atom. The van der Waals surface area contributed by atoms with Gasteiger partial charge in [-0.3, -0.25) is 0 Å². The molecule has 1 atom stereocenters. The number of hydrogen-bond donors (Lipinski definition) is 1. The molecular weight excluding hydrogens is 268 g/mol. The third-order valence-electron chi connectivity index (χ3n) is 3.48. The predicted octanol–water partition coefficient (Wildman–Crippen LogP) is 3.90. The van der Waals surface area contributed by atoms with Crippen LogP contribution in [-0.4, -0.2) is 20.6 Å². The van der Waals surface area contributed by atoms with Gasteiger partial charge in [-0.05, 0) is 37.7 Å². The van der Waals surface area contributed by atoms with Crippen molar-refractivity contribution in [3.63, 3.8) is 0 Å². The molecule has 3 heteroatoms. The molecule has 0 saturated heterocycles. The van der Waals surface area contributed by atoms with Crippen LogP contribution in [0.3, 0.4) is 0 Å². The largest absolute Gasteiger partial charge is 0.368 e. The molecule has 0 amide bonds. The van der Waals surface area contributed by atoms with Crippen LogP contribution in [-0.2, 0) is 0 Å². The molecule has 2 rings (SSSR count). The first-order valence-corrected chi connectivity index (χ1v) is 6.80. The van der Waals surface area contributed by atoms with Gasteiger partial charge in [0.1, 0.15) is 0 Å². The quantitative estimate of drug-likeness (QED) is 0.868. The highest BCUT2D eigenvalue weighted by atomic mass is 35.5. The van der Waals surface area contributed by atoms with Crippen molar-refractivity contribution in [1.82, 2.24) is 5.32 Å². The minimum Gasteiger partial charge on any atom is -0.368 e. The number of nitrogens with one attached hydrogen (secondary N) is 1. The maximum atomic E-state index is 3.25. The lowest BCUT2D eigenvalue weighted by Gasteiger charge is -2.30. The van der Waals surface area contributed by atoms with Gasteiger partial charge in [0.15, 0.2) is 0 Å². The van der Waals surface area contributed by atoms with E-state index in [-0.39, 0.29) is 12.4 Å². The van der Waals surface area contributed by atoms with Crippen molar-refractivity contribution in [3.05, 3.63) is 66.2 Å². The SMILES string of the molecule is CNCCC(c1ccccc1)N(C)c1ccccc1.Cl. The summed E-state index contributed by atoms with van der Waals surface area (Å²) in [5.74, 6) is 0. The first-order chi connectivity index (χ1) is 9.33. The molecule has 2 aromatic rings. The Morgan fingerprint density at radius 2 is 1.50 bits per heavy atom. The number of hydrogen-bond acceptors (Lipinski definition) is 2. The fraction of sp³-hybridized carbons (Fsp3) is 0.294. The molecule has 0 spiro atoms. The zero-order valence-electron chi connectivity index (χ0n) is 12.1. The van der Waals surface area contributed by atoms with Crippen LogP contribution in [0.2, 0.25) is 0 Å². The van der Waals surface area contributed by atoms with Crippen LogP contribution in [0.1, 0.15) is 18.0 Å². The topological polar surface area (TPSA) is 15.3 Å². The Morgan fingerprint density at radius 1 is 0.950 bits per heavy atom. The van der Waals surface area contributed by atoms with Gasteiger partial charge in [0.2, 0.25) is 0 Å². The number of benzene rings is 2. The van der Waals surface area contributed by atoms with E-state index in [1.807, 2.05) is 7.05 Å². The molecule has 20 heavy (non-hydrogen) atoms. The smallest absolute Gasteiger partial charge is 0.0551 e. The first-order valence-electron chi connectivity index (χ1n) is 6.80. The van der Waals surface area contributed by atoms with Gasteiger partial charge in [-0.15, -0.1) is 12.4 Å². The van der Waals surface area contributed by atoms with E-state index in [0.717, 1.165) is 13.0 Å². The highest BCUT2D eigenvalue weighted by Gasteiger charge is 2.16. The van der Waals surface area contributed by atoms with Crippen molar-refractivity contribution in [2.45, 2.75) is 12.5 Å². The van der Waals surface area contributed by atoms with E-state index in [9.17, 15) is 0 Å². The minimum atomic E-state index is 0. The molecule has 0 aliphatic carbocycles. The number of para-hydroxylation sites is 1. The van der Waals surface area contributed by atoms with Crippen LogP contribution in [0.25, 0.3) is 0 Å². The van der Waals surface area contributed by atoms with Crippen molar-refractivity contribution in [3.8, 4) is 0 Å². The molecule has 0 fully saturated rings. The van der Waals surface area contributed by atoms with Gasteiger partial charge in [0.05, 0.1) is 6.04 Å². The molecule has 0 aliphatic rings. The molecular formula is C17H23ClN2. The van der Waals surface area contributed by atoms with Gasteiger partial charge >= 0.3 is 0 Å². The van der Waals surface area contributed by atoms with Crippen LogP contribution in [0.15, 0.2) is 60.7 Å². The molecule has 1 N–H and O–H groups in total. The molecule has 1 unspecified atom stereocenters. The van der Waals surface area contributed by atoms with Crippen molar-refractivity contribution >= 4 is 18.1 Å².